The Bertz CT molecular complexity index is 1100. The van der Waals surface area contributed by atoms with Crippen molar-refractivity contribution in [1.29, 1.82) is 0 Å². The number of carbonyl (C=O) groups excluding carboxylic acids is 1. The van der Waals surface area contributed by atoms with Crippen LogP contribution in [-0.4, -0.2) is 15.5 Å². The number of rotatable bonds is 6. The van der Waals surface area contributed by atoms with Crippen molar-refractivity contribution in [2.75, 3.05) is 0 Å². The highest BCUT2D eigenvalue weighted by molar-refractivity contribution is 9.10. The van der Waals surface area contributed by atoms with Crippen LogP contribution in [-0.2, 0) is 19.5 Å². The van der Waals surface area contributed by atoms with E-state index in [0.29, 0.717) is 11.1 Å². The summed E-state index contributed by atoms with van der Waals surface area (Å²) >= 11 is 3.59. The minimum atomic E-state index is -0.175. The van der Waals surface area contributed by atoms with Crippen LogP contribution in [0.15, 0.2) is 33.7 Å². The van der Waals surface area contributed by atoms with E-state index in [1.807, 2.05) is 32.2 Å². The van der Waals surface area contributed by atoms with Crippen molar-refractivity contribution >= 4 is 32.7 Å². The molecule has 0 saturated carbocycles. The summed E-state index contributed by atoms with van der Waals surface area (Å²) in [5.41, 5.74) is 4.96. The number of aromatic amines is 1. The first-order valence-electron chi connectivity index (χ1n) is 9.65. The van der Waals surface area contributed by atoms with Crippen LogP contribution in [0.2, 0.25) is 0 Å². The summed E-state index contributed by atoms with van der Waals surface area (Å²) in [6, 6.07) is 5.91. The zero-order valence-electron chi connectivity index (χ0n) is 16.8. The zero-order chi connectivity index (χ0) is 20.4. The van der Waals surface area contributed by atoms with Crippen molar-refractivity contribution in [3.05, 3.63) is 67.2 Å². The van der Waals surface area contributed by atoms with Crippen molar-refractivity contribution in [3.8, 4) is 0 Å². The molecule has 3 aromatic rings. The molecule has 28 heavy (non-hydrogen) atoms. The fourth-order valence-electron chi connectivity index (χ4n) is 3.76. The molecule has 0 bridgehead atoms. The van der Waals surface area contributed by atoms with Gasteiger partial charge in [0.25, 0.3) is 11.5 Å². The minimum Gasteiger partial charge on any atom is -0.348 e. The summed E-state index contributed by atoms with van der Waals surface area (Å²) in [6.07, 6.45) is 3.80. The van der Waals surface area contributed by atoms with Crippen molar-refractivity contribution in [3.63, 3.8) is 0 Å². The number of halogens is 1. The SMILES string of the molecule is CCCc1cc(C)[nH]c(=O)c1CNC(=O)c1cc(Br)c2ccn(CC)c2c1C. The summed E-state index contributed by atoms with van der Waals surface area (Å²) < 4.78 is 3.03. The van der Waals surface area contributed by atoms with E-state index in [9.17, 15) is 9.59 Å². The van der Waals surface area contributed by atoms with Gasteiger partial charge >= 0.3 is 0 Å². The number of hydrogen-bond acceptors (Lipinski definition) is 2. The lowest BCUT2D eigenvalue weighted by atomic mass is 10.0. The smallest absolute Gasteiger partial charge is 0.253 e. The lowest BCUT2D eigenvalue weighted by Gasteiger charge is -2.14. The molecule has 5 nitrogen and oxygen atoms in total. The average molecular weight is 444 g/mol. The zero-order valence-corrected chi connectivity index (χ0v) is 18.4. The first-order valence-corrected chi connectivity index (χ1v) is 10.4. The number of H-pyrrole nitrogens is 1. The van der Waals surface area contributed by atoms with Crippen LogP contribution in [0.1, 0.15) is 53.0 Å². The Kier molecular flexibility index (Phi) is 6.08. The maximum atomic E-state index is 13.0. The number of aromatic nitrogens is 2. The van der Waals surface area contributed by atoms with Gasteiger partial charge in [-0.05, 0) is 56.5 Å². The standard InChI is InChI=1S/C22H26BrN3O2/c1-5-7-15-10-13(3)25-22(28)18(15)12-24-21(27)17-11-19(23)16-8-9-26(6-2)20(16)14(17)4/h8-11H,5-7,12H2,1-4H3,(H,24,27)(H,25,28). The van der Waals surface area contributed by atoms with Gasteiger partial charge in [-0.15, -0.1) is 0 Å². The minimum absolute atomic E-state index is 0.128. The highest BCUT2D eigenvalue weighted by Gasteiger charge is 2.17. The van der Waals surface area contributed by atoms with Gasteiger partial charge in [0.1, 0.15) is 0 Å². The Morgan fingerprint density at radius 2 is 2.00 bits per heavy atom. The van der Waals surface area contributed by atoms with Crippen LogP contribution >= 0.6 is 15.9 Å². The molecule has 2 N–H and O–H groups in total. The van der Waals surface area contributed by atoms with E-state index in [0.717, 1.165) is 51.6 Å². The van der Waals surface area contributed by atoms with E-state index >= 15 is 0 Å². The van der Waals surface area contributed by atoms with E-state index in [-0.39, 0.29) is 18.0 Å². The fraction of sp³-hybridized carbons (Fsp3) is 0.364. The lowest BCUT2D eigenvalue weighted by Crippen LogP contribution is -2.29. The highest BCUT2D eigenvalue weighted by atomic mass is 79.9. The molecule has 1 amide bonds. The molecule has 0 aliphatic carbocycles. The largest absolute Gasteiger partial charge is 0.348 e. The molecule has 0 aliphatic rings. The third-order valence-corrected chi connectivity index (χ3v) is 5.80. The van der Waals surface area contributed by atoms with Crippen LogP contribution in [0.5, 0.6) is 0 Å². The molecule has 3 rings (SSSR count). The molecular weight excluding hydrogens is 418 g/mol. The average Bonchev–Trinajstić information content (AvgIpc) is 3.09. The number of hydrogen-bond donors (Lipinski definition) is 2. The summed E-state index contributed by atoms with van der Waals surface area (Å²) in [5.74, 6) is -0.175. The van der Waals surface area contributed by atoms with Crippen LogP contribution in [0.25, 0.3) is 10.9 Å². The Morgan fingerprint density at radius 3 is 2.68 bits per heavy atom. The molecule has 0 unspecified atom stereocenters. The van der Waals surface area contributed by atoms with E-state index < -0.39 is 0 Å². The number of carbonyl (C=O) groups is 1. The Morgan fingerprint density at radius 1 is 1.25 bits per heavy atom. The number of benzene rings is 1. The van der Waals surface area contributed by atoms with Crippen LogP contribution in [0.3, 0.4) is 0 Å². The number of aryl methyl sites for hydroxylation is 4. The van der Waals surface area contributed by atoms with E-state index in [1.165, 1.54) is 0 Å². The Hall–Kier alpha value is -2.34. The molecule has 6 heteroatoms. The summed E-state index contributed by atoms with van der Waals surface area (Å²) in [6.45, 7) is 9.06. The normalized spacial score (nSPS) is 11.2. The molecule has 1 aromatic carbocycles. The topological polar surface area (TPSA) is 66.9 Å². The Balaban J connectivity index is 1.93. The third kappa shape index (κ3) is 3.78. The second-order valence-corrected chi connectivity index (χ2v) is 7.97. The molecule has 0 radical (unpaired) electrons. The van der Waals surface area contributed by atoms with Crippen molar-refractivity contribution in [1.82, 2.24) is 14.9 Å². The predicted molar refractivity (Wildman–Crippen MR) is 117 cm³/mol. The second kappa shape index (κ2) is 8.35. The van der Waals surface area contributed by atoms with Gasteiger partial charge in [-0.25, -0.2) is 0 Å². The van der Waals surface area contributed by atoms with E-state index in [4.69, 9.17) is 0 Å². The monoisotopic (exact) mass is 443 g/mol. The molecule has 2 heterocycles. The van der Waals surface area contributed by atoms with Gasteiger partial charge in [0, 0.05) is 46.0 Å². The molecule has 148 valence electrons. The van der Waals surface area contributed by atoms with Gasteiger partial charge in [0.15, 0.2) is 0 Å². The first-order chi connectivity index (χ1) is 13.4. The number of nitrogens with zero attached hydrogens (tertiary/aromatic N) is 1. The van der Waals surface area contributed by atoms with Crippen LogP contribution in [0, 0.1) is 13.8 Å². The quantitative estimate of drug-likeness (QED) is 0.583. The molecule has 0 fully saturated rings. The third-order valence-electron chi connectivity index (χ3n) is 5.14. The van der Waals surface area contributed by atoms with Gasteiger partial charge in [-0.1, -0.05) is 29.3 Å². The maximum absolute atomic E-state index is 13.0. The maximum Gasteiger partial charge on any atom is 0.253 e. The van der Waals surface area contributed by atoms with Crippen molar-refractivity contribution < 1.29 is 4.79 Å². The van der Waals surface area contributed by atoms with E-state index in [1.54, 1.807) is 0 Å². The van der Waals surface area contributed by atoms with Gasteiger partial charge in [0.05, 0.1) is 5.52 Å². The number of nitrogens with one attached hydrogen (secondary N) is 2. The lowest BCUT2D eigenvalue weighted by molar-refractivity contribution is 0.0950. The molecule has 2 aromatic heterocycles. The van der Waals surface area contributed by atoms with Crippen LogP contribution < -0.4 is 10.9 Å². The summed E-state index contributed by atoms with van der Waals surface area (Å²) in [4.78, 5) is 28.2. The van der Waals surface area contributed by atoms with Crippen molar-refractivity contribution in [2.45, 2.75) is 53.6 Å². The molecular formula is C22H26BrN3O2. The van der Waals surface area contributed by atoms with Gasteiger partial charge in [-0.2, -0.15) is 0 Å². The van der Waals surface area contributed by atoms with Gasteiger partial charge in [-0.3, -0.25) is 9.59 Å². The Labute approximate surface area is 173 Å². The van der Waals surface area contributed by atoms with Gasteiger partial charge < -0.3 is 14.9 Å². The molecule has 0 aliphatic heterocycles. The van der Waals surface area contributed by atoms with Crippen molar-refractivity contribution in [2.24, 2.45) is 0 Å². The number of pyridine rings is 1. The summed E-state index contributed by atoms with van der Waals surface area (Å²) in [5, 5.41) is 4.04. The highest BCUT2D eigenvalue weighted by Crippen LogP contribution is 2.30. The predicted octanol–water partition coefficient (Wildman–Crippen LogP) is 4.61. The number of amides is 1. The fourth-order valence-corrected chi connectivity index (χ4v) is 4.31. The second-order valence-electron chi connectivity index (χ2n) is 7.11. The van der Waals surface area contributed by atoms with Crippen LogP contribution in [0.4, 0.5) is 0 Å². The first kappa shape index (κ1) is 20.4. The molecule has 0 saturated heterocycles. The molecule has 0 atom stereocenters. The van der Waals surface area contributed by atoms with E-state index in [2.05, 4.69) is 50.7 Å². The molecule has 0 spiro atoms. The summed E-state index contributed by atoms with van der Waals surface area (Å²) in [7, 11) is 0. The number of fused-ring (bicyclic) bond motifs is 1. The van der Waals surface area contributed by atoms with Gasteiger partial charge in [0.2, 0.25) is 0 Å².